The Hall–Kier alpha value is -1.19. The summed E-state index contributed by atoms with van der Waals surface area (Å²) in [6.07, 6.45) is 2.54. The molecule has 0 aromatic carbocycles. The molecule has 2 saturated carbocycles. The molecule has 6 heteroatoms. The van der Waals surface area contributed by atoms with E-state index in [0.717, 1.165) is 25.7 Å². The summed E-state index contributed by atoms with van der Waals surface area (Å²) in [5.41, 5.74) is -0.0951. The molecular weight excluding hydrogens is 285 g/mol. The average Bonchev–Trinajstić information content (AvgIpc) is 3.07. The summed E-state index contributed by atoms with van der Waals surface area (Å²) in [4.78, 5) is 13.6. The Morgan fingerprint density at radius 3 is 2.64 bits per heavy atom. The number of hydrogen-bond acceptors (Lipinski definition) is 4. The number of amides is 1. The third-order valence-corrected chi connectivity index (χ3v) is 5.63. The van der Waals surface area contributed by atoms with Crippen molar-refractivity contribution >= 4 is 5.91 Å². The molecule has 1 amide bonds. The molecule has 0 aromatic rings. The first kappa shape index (κ1) is 15.7. The first-order valence-corrected chi connectivity index (χ1v) is 8.16. The van der Waals surface area contributed by atoms with Crippen molar-refractivity contribution in [3.63, 3.8) is 0 Å². The second kappa shape index (κ2) is 5.78. The predicted octanol–water partition coefficient (Wildman–Crippen LogP) is 0.978. The number of hydrogen-bond donors (Lipinski definition) is 2. The number of halogens is 1. The van der Waals surface area contributed by atoms with Crippen LogP contribution in [-0.2, 0) is 4.79 Å². The van der Waals surface area contributed by atoms with E-state index in [1.807, 2.05) is 6.07 Å². The van der Waals surface area contributed by atoms with Crippen molar-refractivity contribution in [1.82, 2.24) is 10.2 Å². The van der Waals surface area contributed by atoms with Crippen LogP contribution in [0.2, 0.25) is 0 Å². The number of rotatable bonds is 3. The number of nitriles is 1. The molecule has 2 N–H and O–H groups in total. The van der Waals surface area contributed by atoms with Crippen LogP contribution in [0.5, 0.6) is 0 Å². The van der Waals surface area contributed by atoms with E-state index in [4.69, 9.17) is 5.26 Å². The van der Waals surface area contributed by atoms with Gasteiger partial charge in [0.1, 0.15) is 12.2 Å². The fourth-order valence-electron chi connectivity index (χ4n) is 4.64. The van der Waals surface area contributed by atoms with Crippen molar-refractivity contribution in [3.05, 3.63) is 0 Å². The van der Waals surface area contributed by atoms with Crippen molar-refractivity contribution in [3.8, 4) is 6.07 Å². The number of fused-ring (bicyclic) bond motifs is 1. The summed E-state index contributed by atoms with van der Waals surface area (Å²) in [6.45, 7) is 2.31. The zero-order chi connectivity index (χ0) is 15.9. The molecule has 6 atom stereocenters. The minimum atomic E-state index is -1.09. The third kappa shape index (κ3) is 2.97. The molecule has 3 fully saturated rings. The van der Waals surface area contributed by atoms with Crippen molar-refractivity contribution < 1.29 is 14.3 Å². The highest BCUT2D eigenvalue weighted by Gasteiger charge is 2.47. The molecule has 122 valence electrons. The second-order valence-corrected chi connectivity index (χ2v) is 7.49. The number of alkyl halides is 1. The van der Waals surface area contributed by atoms with Crippen LogP contribution in [0.1, 0.15) is 39.0 Å². The van der Waals surface area contributed by atoms with Crippen LogP contribution >= 0.6 is 0 Å². The van der Waals surface area contributed by atoms with E-state index >= 15 is 0 Å². The predicted molar refractivity (Wildman–Crippen MR) is 78.5 cm³/mol. The molecule has 22 heavy (non-hydrogen) atoms. The molecule has 0 bridgehead atoms. The Balaban J connectivity index is 1.53. The molecule has 3 aliphatic rings. The van der Waals surface area contributed by atoms with Crippen LogP contribution in [0, 0.1) is 23.2 Å². The van der Waals surface area contributed by atoms with E-state index in [9.17, 15) is 14.3 Å². The van der Waals surface area contributed by atoms with Gasteiger partial charge in [-0.05, 0) is 44.4 Å². The maximum atomic E-state index is 13.4. The molecule has 4 unspecified atom stereocenters. The van der Waals surface area contributed by atoms with Crippen molar-refractivity contribution in [2.24, 2.45) is 11.8 Å². The summed E-state index contributed by atoms with van der Waals surface area (Å²) >= 11 is 0. The van der Waals surface area contributed by atoms with E-state index in [1.165, 1.54) is 4.90 Å². The standard InChI is InChI=1S/C16H24FN3O2/c1-16(5-10-2-14(21)3-11(10)6-16)19-8-15(22)20-9-12(17)4-13(20)7-18/h10-14,19,21H,2-6,8-9H2,1H3/t10-,11+,12?,13?,14?,16?. The van der Waals surface area contributed by atoms with Gasteiger partial charge in [-0.15, -0.1) is 0 Å². The van der Waals surface area contributed by atoms with Gasteiger partial charge in [0.25, 0.3) is 0 Å². The molecule has 5 nitrogen and oxygen atoms in total. The topological polar surface area (TPSA) is 76.4 Å². The van der Waals surface area contributed by atoms with E-state index in [2.05, 4.69) is 12.2 Å². The molecule has 3 rings (SSSR count). The number of carbonyl (C=O) groups excluding carboxylic acids is 1. The van der Waals surface area contributed by atoms with Gasteiger partial charge >= 0.3 is 0 Å². The second-order valence-electron chi connectivity index (χ2n) is 7.49. The lowest BCUT2D eigenvalue weighted by atomic mass is 9.96. The molecule has 1 heterocycles. The van der Waals surface area contributed by atoms with Crippen LogP contribution in [-0.4, -0.2) is 52.9 Å². The normalized spacial score (nSPS) is 44.1. The van der Waals surface area contributed by atoms with Gasteiger partial charge in [0.15, 0.2) is 0 Å². The average molecular weight is 309 g/mol. The Labute approximate surface area is 130 Å². The lowest BCUT2D eigenvalue weighted by Crippen LogP contribution is -2.48. The molecule has 0 radical (unpaired) electrons. The number of aliphatic hydroxyl groups is 1. The highest BCUT2D eigenvalue weighted by atomic mass is 19.1. The lowest BCUT2D eigenvalue weighted by molar-refractivity contribution is -0.130. The molecule has 0 aromatic heterocycles. The third-order valence-electron chi connectivity index (χ3n) is 5.63. The maximum absolute atomic E-state index is 13.4. The van der Waals surface area contributed by atoms with E-state index in [1.54, 1.807) is 0 Å². The van der Waals surface area contributed by atoms with Crippen LogP contribution in [0.15, 0.2) is 0 Å². The highest BCUT2D eigenvalue weighted by Crippen LogP contribution is 2.48. The van der Waals surface area contributed by atoms with Crippen LogP contribution in [0.25, 0.3) is 0 Å². The number of aliphatic hydroxyl groups excluding tert-OH is 1. The first-order valence-electron chi connectivity index (χ1n) is 8.16. The number of nitrogens with zero attached hydrogens (tertiary/aromatic N) is 2. The maximum Gasteiger partial charge on any atom is 0.237 e. The summed E-state index contributed by atoms with van der Waals surface area (Å²) in [5.74, 6) is 0.887. The summed E-state index contributed by atoms with van der Waals surface area (Å²) in [5, 5.41) is 22.0. The molecule has 2 aliphatic carbocycles. The zero-order valence-electron chi connectivity index (χ0n) is 13.0. The van der Waals surface area contributed by atoms with Gasteiger partial charge in [-0.2, -0.15) is 5.26 Å². The van der Waals surface area contributed by atoms with Crippen LogP contribution in [0.3, 0.4) is 0 Å². The number of carbonyl (C=O) groups is 1. The first-order chi connectivity index (χ1) is 10.4. The Morgan fingerprint density at radius 1 is 1.41 bits per heavy atom. The minimum absolute atomic E-state index is 0.0346. The summed E-state index contributed by atoms with van der Waals surface area (Å²) in [7, 11) is 0. The van der Waals surface area contributed by atoms with Crippen LogP contribution < -0.4 is 5.32 Å². The Bertz CT molecular complexity index is 478. The van der Waals surface area contributed by atoms with E-state index in [0.29, 0.717) is 11.8 Å². The van der Waals surface area contributed by atoms with E-state index < -0.39 is 12.2 Å². The zero-order valence-corrected chi connectivity index (χ0v) is 13.0. The number of nitrogens with one attached hydrogen (secondary N) is 1. The van der Waals surface area contributed by atoms with E-state index in [-0.39, 0.29) is 37.1 Å². The molecule has 1 saturated heterocycles. The fourth-order valence-corrected chi connectivity index (χ4v) is 4.64. The fraction of sp³-hybridized carbons (Fsp3) is 0.875. The minimum Gasteiger partial charge on any atom is -0.393 e. The van der Waals surface area contributed by atoms with Gasteiger partial charge < -0.3 is 15.3 Å². The molecule has 1 aliphatic heterocycles. The van der Waals surface area contributed by atoms with Gasteiger partial charge in [0.2, 0.25) is 5.91 Å². The number of likely N-dealkylation sites (tertiary alicyclic amines) is 1. The smallest absolute Gasteiger partial charge is 0.237 e. The quantitative estimate of drug-likeness (QED) is 0.815. The van der Waals surface area contributed by atoms with Crippen molar-refractivity contribution in [2.75, 3.05) is 13.1 Å². The van der Waals surface area contributed by atoms with Crippen molar-refractivity contribution in [2.45, 2.75) is 62.9 Å². The van der Waals surface area contributed by atoms with Crippen LogP contribution in [0.4, 0.5) is 4.39 Å². The summed E-state index contributed by atoms with van der Waals surface area (Å²) in [6, 6.07) is 1.38. The lowest BCUT2D eigenvalue weighted by Gasteiger charge is -2.29. The van der Waals surface area contributed by atoms with Gasteiger partial charge in [0, 0.05) is 12.0 Å². The van der Waals surface area contributed by atoms with Gasteiger partial charge in [-0.3, -0.25) is 4.79 Å². The largest absolute Gasteiger partial charge is 0.393 e. The van der Waals surface area contributed by atoms with Crippen molar-refractivity contribution in [1.29, 1.82) is 5.26 Å². The van der Waals surface area contributed by atoms with Gasteiger partial charge in [-0.25, -0.2) is 4.39 Å². The van der Waals surface area contributed by atoms with Gasteiger partial charge in [-0.1, -0.05) is 0 Å². The highest BCUT2D eigenvalue weighted by molar-refractivity contribution is 5.79. The summed E-state index contributed by atoms with van der Waals surface area (Å²) < 4.78 is 13.4. The molecular formula is C16H24FN3O2. The Morgan fingerprint density at radius 2 is 2.05 bits per heavy atom. The van der Waals surface area contributed by atoms with Gasteiger partial charge in [0.05, 0.1) is 25.3 Å². The SMILES string of the molecule is CC1(NCC(=O)N2CC(F)CC2C#N)C[C@H]2CC(O)C[C@H]2C1. The monoisotopic (exact) mass is 309 g/mol. The molecule has 0 spiro atoms. The Kier molecular flexibility index (Phi) is 4.13.